The van der Waals surface area contributed by atoms with Gasteiger partial charge in [0, 0.05) is 21.5 Å². The molecule has 1 nitrogen and oxygen atoms in total. The zero-order chi connectivity index (χ0) is 17.6. The van der Waals surface area contributed by atoms with Crippen LogP contribution in [0, 0.1) is 5.82 Å². The van der Waals surface area contributed by atoms with E-state index < -0.39 is 45.4 Å². The van der Waals surface area contributed by atoms with Crippen LogP contribution in [0.15, 0.2) is 35.2 Å². The van der Waals surface area contributed by atoms with E-state index in [0.717, 1.165) is 24.3 Å². The van der Waals surface area contributed by atoms with Crippen LogP contribution >= 0.6 is 23.4 Å². The molecule has 9 heteroatoms. The van der Waals surface area contributed by atoms with Gasteiger partial charge in [-0.15, -0.1) is 0 Å². The maximum absolute atomic E-state index is 13.7. The fraction of sp³-hybridized carbons (Fsp3) is 0.200. The highest BCUT2D eigenvalue weighted by Gasteiger charge is 2.51. The fourth-order valence-electron chi connectivity index (χ4n) is 2.29. The van der Waals surface area contributed by atoms with Gasteiger partial charge in [-0.2, -0.15) is 8.78 Å². The topological polar surface area (TPSA) is 9.23 Å². The number of fused-ring (bicyclic) bond motifs is 1. The highest BCUT2D eigenvalue weighted by Crippen LogP contribution is 2.59. The molecule has 2 aromatic rings. The molecule has 1 atom stereocenters. The first-order valence-corrected chi connectivity index (χ1v) is 7.68. The summed E-state index contributed by atoms with van der Waals surface area (Å²) < 4.78 is 85.8. The van der Waals surface area contributed by atoms with Gasteiger partial charge in [0.05, 0.1) is 5.56 Å². The minimum atomic E-state index is -3.84. The van der Waals surface area contributed by atoms with Crippen LogP contribution in [-0.2, 0) is 0 Å². The van der Waals surface area contributed by atoms with E-state index in [9.17, 15) is 26.3 Å². The molecule has 0 amide bonds. The second-order valence-electron chi connectivity index (χ2n) is 4.93. The highest BCUT2D eigenvalue weighted by molar-refractivity contribution is 8.00. The zero-order valence-electron chi connectivity index (χ0n) is 11.5. The van der Waals surface area contributed by atoms with E-state index in [1.54, 1.807) is 0 Å². The molecule has 0 spiro atoms. The van der Waals surface area contributed by atoms with Crippen molar-refractivity contribution < 1.29 is 31.1 Å². The molecule has 0 bridgehead atoms. The third-order valence-corrected chi connectivity index (χ3v) is 4.63. The third kappa shape index (κ3) is 3.04. The summed E-state index contributed by atoms with van der Waals surface area (Å²) in [6.07, 6.45) is -5.87. The molecule has 1 aliphatic rings. The molecule has 0 aromatic heterocycles. The van der Waals surface area contributed by atoms with Crippen molar-refractivity contribution >= 4 is 23.4 Å². The molecule has 0 unspecified atom stereocenters. The lowest BCUT2D eigenvalue weighted by Crippen LogP contribution is -2.11. The SMILES string of the molecule is Fc1cc(Cl)cc(Oc2ccc3c(c2C(F)F)SC(F)(F)[C@H]3F)c1. The van der Waals surface area contributed by atoms with Gasteiger partial charge in [0.25, 0.3) is 6.43 Å². The Morgan fingerprint density at radius 1 is 1.17 bits per heavy atom. The molecular formula is C15H7ClF6OS. The molecule has 3 rings (SSSR count). The van der Waals surface area contributed by atoms with Gasteiger partial charge in [0.2, 0.25) is 0 Å². The van der Waals surface area contributed by atoms with Gasteiger partial charge >= 0.3 is 5.25 Å². The smallest absolute Gasteiger partial charge is 0.333 e. The summed E-state index contributed by atoms with van der Waals surface area (Å²) in [6, 6.07) is 4.96. The summed E-state index contributed by atoms with van der Waals surface area (Å²) in [5.41, 5.74) is -1.39. The minimum Gasteiger partial charge on any atom is -0.457 e. The number of hydrogen-bond acceptors (Lipinski definition) is 2. The lowest BCUT2D eigenvalue weighted by Gasteiger charge is -2.14. The summed E-state index contributed by atoms with van der Waals surface area (Å²) in [6.45, 7) is 0. The number of rotatable bonds is 3. The molecule has 2 aromatic carbocycles. The average Bonchev–Trinajstić information content (AvgIpc) is 2.67. The molecule has 1 aliphatic heterocycles. The summed E-state index contributed by atoms with van der Waals surface area (Å²) in [4.78, 5) is -0.567. The van der Waals surface area contributed by atoms with Crippen LogP contribution in [0.2, 0.25) is 5.02 Å². The second kappa shape index (κ2) is 6.07. The molecule has 0 saturated heterocycles. The van der Waals surface area contributed by atoms with Crippen molar-refractivity contribution in [2.75, 3.05) is 0 Å². The molecule has 0 saturated carbocycles. The van der Waals surface area contributed by atoms with Gasteiger partial charge in [-0.1, -0.05) is 17.7 Å². The molecule has 0 fully saturated rings. The van der Waals surface area contributed by atoms with Crippen molar-refractivity contribution in [3.63, 3.8) is 0 Å². The first kappa shape index (κ1) is 17.3. The van der Waals surface area contributed by atoms with Crippen LogP contribution in [0.1, 0.15) is 23.7 Å². The monoisotopic (exact) mass is 384 g/mol. The van der Waals surface area contributed by atoms with Crippen molar-refractivity contribution in [3.05, 3.63) is 52.3 Å². The van der Waals surface area contributed by atoms with Gasteiger partial charge in [-0.3, -0.25) is 0 Å². The number of halogens is 7. The van der Waals surface area contributed by atoms with Crippen molar-refractivity contribution in [1.29, 1.82) is 0 Å². The predicted octanol–water partition coefficient (Wildman–Crippen LogP) is 6.92. The van der Waals surface area contributed by atoms with E-state index in [1.807, 2.05) is 0 Å². The van der Waals surface area contributed by atoms with E-state index in [1.165, 1.54) is 6.07 Å². The van der Waals surface area contributed by atoms with Crippen molar-refractivity contribution in [2.45, 2.75) is 22.7 Å². The third-order valence-electron chi connectivity index (χ3n) is 3.27. The van der Waals surface area contributed by atoms with Crippen LogP contribution in [0.25, 0.3) is 0 Å². The Morgan fingerprint density at radius 2 is 1.88 bits per heavy atom. The number of ether oxygens (including phenoxy) is 1. The lowest BCUT2D eigenvalue weighted by molar-refractivity contribution is 0.0187. The van der Waals surface area contributed by atoms with E-state index in [2.05, 4.69) is 0 Å². The van der Waals surface area contributed by atoms with Crippen molar-refractivity contribution in [1.82, 2.24) is 0 Å². The Kier molecular flexibility index (Phi) is 4.37. The maximum Gasteiger partial charge on any atom is 0.333 e. The Bertz CT molecular complexity index is 778. The maximum atomic E-state index is 13.7. The van der Waals surface area contributed by atoms with E-state index >= 15 is 0 Å². The lowest BCUT2D eigenvalue weighted by atomic mass is 10.1. The standard InChI is InChI=1S/C15H7ClF6OS/c16-6-3-7(17)5-8(4-6)23-10-2-1-9-12(11(10)14(19)20)24-15(21,22)13(9)18/h1-5,13-14H/t13-/m0/s1. The first-order valence-electron chi connectivity index (χ1n) is 6.49. The quantitative estimate of drug-likeness (QED) is 0.531. The van der Waals surface area contributed by atoms with Gasteiger partial charge < -0.3 is 4.74 Å². The summed E-state index contributed by atoms with van der Waals surface area (Å²) >= 11 is 5.37. The summed E-state index contributed by atoms with van der Waals surface area (Å²) in [5, 5.41) is -3.87. The van der Waals surface area contributed by atoms with Crippen LogP contribution in [0.3, 0.4) is 0 Å². The molecule has 1 heterocycles. The van der Waals surface area contributed by atoms with E-state index in [0.29, 0.717) is 0 Å². The Morgan fingerprint density at radius 3 is 2.50 bits per heavy atom. The van der Waals surface area contributed by atoms with Crippen molar-refractivity contribution in [2.24, 2.45) is 0 Å². The molecule has 128 valence electrons. The number of hydrogen-bond donors (Lipinski definition) is 0. The van der Waals surface area contributed by atoms with Gasteiger partial charge in [-0.05, 0) is 30.0 Å². The first-order chi connectivity index (χ1) is 11.2. The highest BCUT2D eigenvalue weighted by atomic mass is 35.5. The molecular weight excluding hydrogens is 378 g/mol. The minimum absolute atomic E-state index is 0.0329. The van der Waals surface area contributed by atoms with Crippen LogP contribution in [0.4, 0.5) is 26.3 Å². The van der Waals surface area contributed by atoms with Gasteiger partial charge in [0.15, 0.2) is 6.17 Å². The van der Waals surface area contributed by atoms with Crippen molar-refractivity contribution in [3.8, 4) is 11.5 Å². The predicted molar refractivity (Wildman–Crippen MR) is 77.5 cm³/mol. The van der Waals surface area contributed by atoms with Crippen LogP contribution in [-0.4, -0.2) is 5.25 Å². The summed E-state index contributed by atoms with van der Waals surface area (Å²) in [5.74, 6) is -1.42. The zero-order valence-corrected chi connectivity index (χ0v) is 13.1. The normalized spacial score (nSPS) is 18.8. The fourth-order valence-corrected chi connectivity index (χ4v) is 3.59. The molecule has 0 radical (unpaired) electrons. The van der Waals surface area contributed by atoms with E-state index in [-0.39, 0.29) is 22.5 Å². The van der Waals surface area contributed by atoms with Gasteiger partial charge in [-0.25, -0.2) is 17.6 Å². The Hall–Kier alpha value is -1.54. The molecule has 0 aliphatic carbocycles. The van der Waals surface area contributed by atoms with Gasteiger partial charge in [0.1, 0.15) is 17.3 Å². The number of alkyl halides is 5. The second-order valence-corrected chi connectivity index (χ2v) is 6.52. The Balaban J connectivity index is 2.07. The van der Waals surface area contributed by atoms with Crippen LogP contribution in [0.5, 0.6) is 11.5 Å². The summed E-state index contributed by atoms with van der Waals surface area (Å²) in [7, 11) is 0. The largest absolute Gasteiger partial charge is 0.457 e. The number of benzene rings is 2. The molecule has 24 heavy (non-hydrogen) atoms. The number of thioether (sulfide) groups is 1. The Labute approximate surface area is 141 Å². The molecule has 0 N–H and O–H groups in total. The average molecular weight is 385 g/mol. The van der Waals surface area contributed by atoms with Crippen LogP contribution < -0.4 is 4.74 Å². The van der Waals surface area contributed by atoms with E-state index in [4.69, 9.17) is 16.3 Å².